The molecule has 1 aliphatic carbocycles. The van der Waals surface area contributed by atoms with Crippen LogP contribution in [0, 0.1) is 0 Å². The molecule has 1 aliphatic heterocycles. The van der Waals surface area contributed by atoms with E-state index in [9.17, 15) is 0 Å². The highest BCUT2D eigenvalue weighted by atomic mass is 15.3. The van der Waals surface area contributed by atoms with E-state index < -0.39 is 0 Å². The van der Waals surface area contributed by atoms with E-state index in [1.807, 2.05) is 0 Å². The van der Waals surface area contributed by atoms with Crippen LogP contribution in [0.25, 0.3) is 0 Å². The standard InChI is InChI=1S/C11H18N4/c12-11-9-2-1-3-10(9)15(14-11)8-4-6-13-7-5-8/h8,13H,1-7H2,(H2,12,14). The molecule has 1 fully saturated rings. The van der Waals surface area contributed by atoms with Crippen LogP contribution in [-0.4, -0.2) is 22.9 Å². The van der Waals surface area contributed by atoms with Crippen molar-refractivity contribution in [2.24, 2.45) is 0 Å². The lowest BCUT2D eigenvalue weighted by Crippen LogP contribution is -2.30. The summed E-state index contributed by atoms with van der Waals surface area (Å²) in [6, 6.07) is 0.579. The van der Waals surface area contributed by atoms with Crippen molar-refractivity contribution in [2.75, 3.05) is 18.8 Å². The molecule has 4 nitrogen and oxygen atoms in total. The van der Waals surface area contributed by atoms with Gasteiger partial charge in [0.15, 0.2) is 0 Å². The second-order valence-electron chi connectivity index (χ2n) is 4.59. The van der Waals surface area contributed by atoms with E-state index in [1.54, 1.807) is 0 Å². The van der Waals surface area contributed by atoms with Gasteiger partial charge in [0.25, 0.3) is 0 Å². The quantitative estimate of drug-likeness (QED) is 0.717. The van der Waals surface area contributed by atoms with E-state index in [0.29, 0.717) is 6.04 Å². The lowest BCUT2D eigenvalue weighted by atomic mass is 10.1. The summed E-state index contributed by atoms with van der Waals surface area (Å²) >= 11 is 0. The molecule has 0 bridgehead atoms. The summed E-state index contributed by atoms with van der Waals surface area (Å²) in [6.07, 6.45) is 5.93. The van der Waals surface area contributed by atoms with Crippen LogP contribution in [0.1, 0.15) is 36.6 Å². The predicted molar refractivity (Wildman–Crippen MR) is 59.8 cm³/mol. The third-order valence-corrected chi connectivity index (χ3v) is 3.64. The number of nitrogens with one attached hydrogen (secondary N) is 1. The Balaban J connectivity index is 1.93. The maximum absolute atomic E-state index is 5.95. The zero-order valence-electron chi connectivity index (χ0n) is 9.00. The minimum atomic E-state index is 0.579. The molecule has 4 heteroatoms. The number of nitrogens with two attached hydrogens (primary N) is 1. The molecule has 1 aromatic heterocycles. The summed E-state index contributed by atoms with van der Waals surface area (Å²) in [5, 5.41) is 7.91. The Bertz CT molecular complexity index is 363. The molecular weight excluding hydrogens is 188 g/mol. The van der Waals surface area contributed by atoms with Gasteiger partial charge >= 0.3 is 0 Å². The maximum Gasteiger partial charge on any atom is 0.148 e. The molecule has 0 unspecified atom stereocenters. The number of nitrogen functional groups attached to an aromatic ring is 1. The van der Waals surface area contributed by atoms with Gasteiger partial charge in [-0.15, -0.1) is 0 Å². The molecule has 0 amide bonds. The third kappa shape index (κ3) is 1.44. The Morgan fingerprint density at radius 3 is 2.87 bits per heavy atom. The maximum atomic E-state index is 5.95. The monoisotopic (exact) mass is 206 g/mol. The Morgan fingerprint density at radius 1 is 1.27 bits per heavy atom. The van der Waals surface area contributed by atoms with Crippen molar-refractivity contribution in [2.45, 2.75) is 38.1 Å². The predicted octanol–water partition coefficient (Wildman–Crippen LogP) is 0.878. The number of piperidine rings is 1. The van der Waals surface area contributed by atoms with E-state index in [2.05, 4.69) is 15.1 Å². The summed E-state index contributed by atoms with van der Waals surface area (Å²) < 4.78 is 2.22. The molecule has 1 saturated heterocycles. The highest BCUT2D eigenvalue weighted by Crippen LogP contribution is 2.31. The Hall–Kier alpha value is -1.03. The van der Waals surface area contributed by atoms with Gasteiger partial charge in [0.2, 0.25) is 0 Å². The lowest BCUT2D eigenvalue weighted by molar-refractivity contribution is 0.336. The van der Waals surface area contributed by atoms with Gasteiger partial charge in [-0.25, -0.2) is 0 Å². The Labute approximate surface area is 89.8 Å². The largest absolute Gasteiger partial charge is 0.382 e. The van der Waals surface area contributed by atoms with Gasteiger partial charge in [-0.3, -0.25) is 4.68 Å². The van der Waals surface area contributed by atoms with Gasteiger partial charge < -0.3 is 11.1 Å². The van der Waals surface area contributed by atoms with Gasteiger partial charge in [0, 0.05) is 11.3 Å². The smallest absolute Gasteiger partial charge is 0.148 e. The Morgan fingerprint density at radius 2 is 2.07 bits per heavy atom. The van der Waals surface area contributed by atoms with Crippen molar-refractivity contribution in [1.82, 2.24) is 15.1 Å². The zero-order chi connectivity index (χ0) is 10.3. The van der Waals surface area contributed by atoms with Crippen LogP contribution in [0.4, 0.5) is 5.82 Å². The first-order chi connectivity index (χ1) is 7.36. The van der Waals surface area contributed by atoms with Crippen molar-refractivity contribution in [3.8, 4) is 0 Å². The first-order valence-electron chi connectivity index (χ1n) is 5.92. The zero-order valence-corrected chi connectivity index (χ0v) is 9.00. The summed E-state index contributed by atoms with van der Waals surface area (Å²) in [7, 11) is 0. The third-order valence-electron chi connectivity index (χ3n) is 3.64. The number of aromatic nitrogens is 2. The fourth-order valence-electron chi connectivity index (χ4n) is 2.85. The summed E-state index contributed by atoms with van der Waals surface area (Å²) in [5.41, 5.74) is 8.70. The number of hydrogen-bond donors (Lipinski definition) is 2. The molecule has 15 heavy (non-hydrogen) atoms. The molecule has 0 radical (unpaired) electrons. The van der Waals surface area contributed by atoms with E-state index in [0.717, 1.165) is 25.3 Å². The van der Waals surface area contributed by atoms with Crippen LogP contribution in [-0.2, 0) is 12.8 Å². The first kappa shape index (κ1) is 9.21. The van der Waals surface area contributed by atoms with Crippen molar-refractivity contribution in [3.05, 3.63) is 11.3 Å². The second-order valence-corrected chi connectivity index (χ2v) is 4.59. The highest BCUT2D eigenvalue weighted by molar-refractivity contribution is 5.45. The summed E-state index contributed by atoms with van der Waals surface area (Å²) in [5.74, 6) is 0.779. The number of fused-ring (bicyclic) bond motifs is 1. The van der Waals surface area contributed by atoms with E-state index in [1.165, 1.54) is 36.9 Å². The van der Waals surface area contributed by atoms with Crippen molar-refractivity contribution >= 4 is 5.82 Å². The van der Waals surface area contributed by atoms with Crippen LogP contribution in [0.2, 0.25) is 0 Å². The minimum absolute atomic E-state index is 0.579. The van der Waals surface area contributed by atoms with Crippen LogP contribution in [0.5, 0.6) is 0 Å². The van der Waals surface area contributed by atoms with Crippen LogP contribution in [0.3, 0.4) is 0 Å². The van der Waals surface area contributed by atoms with Gasteiger partial charge in [-0.1, -0.05) is 0 Å². The fraction of sp³-hybridized carbons (Fsp3) is 0.727. The van der Waals surface area contributed by atoms with Crippen LogP contribution >= 0.6 is 0 Å². The summed E-state index contributed by atoms with van der Waals surface area (Å²) in [4.78, 5) is 0. The van der Waals surface area contributed by atoms with Gasteiger partial charge in [-0.2, -0.15) is 5.10 Å². The molecule has 0 atom stereocenters. The topological polar surface area (TPSA) is 55.9 Å². The number of rotatable bonds is 1. The molecular formula is C11H18N4. The molecule has 2 aliphatic rings. The van der Waals surface area contributed by atoms with Gasteiger partial charge in [-0.05, 0) is 45.2 Å². The second kappa shape index (κ2) is 3.52. The van der Waals surface area contributed by atoms with Crippen LogP contribution < -0.4 is 11.1 Å². The fourth-order valence-corrected chi connectivity index (χ4v) is 2.85. The summed E-state index contributed by atoms with van der Waals surface area (Å²) in [6.45, 7) is 2.22. The first-order valence-corrected chi connectivity index (χ1v) is 5.92. The SMILES string of the molecule is Nc1nn(C2CCNCC2)c2c1CCC2. The molecule has 2 heterocycles. The van der Waals surface area contributed by atoms with Crippen molar-refractivity contribution in [3.63, 3.8) is 0 Å². The molecule has 0 saturated carbocycles. The lowest BCUT2D eigenvalue weighted by Gasteiger charge is -2.24. The molecule has 3 rings (SSSR count). The minimum Gasteiger partial charge on any atom is -0.382 e. The Kier molecular flexibility index (Phi) is 2.16. The molecule has 0 spiro atoms. The van der Waals surface area contributed by atoms with E-state index >= 15 is 0 Å². The van der Waals surface area contributed by atoms with Gasteiger partial charge in [0.1, 0.15) is 5.82 Å². The average Bonchev–Trinajstić information content (AvgIpc) is 2.84. The highest BCUT2D eigenvalue weighted by Gasteiger charge is 2.25. The van der Waals surface area contributed by atoms with Crippen LogP contribution in [0.15, 0.2) is 0 Å². The molecule has 82 valence electrons. The van der Waals surface area contributed by atoms with E-state index in [4.69, 9.17) is 5.73 Å². The molecule has 1 aromatic rings. The number of nitrogens with zero attached hydrogens (tertiary/aromatic N) is 2. The van der Waals surface area contributed by atoms with Gasteiger partial charge in [0.05, 0.1) is 6.04 Å². The number of anilines is 1. The average molecular weight is 206 g/mol. The van der Waals surface area contributed by atoms with Crippen molar-refractivity contribution < 1.29 is 0 Å². The van der Waals surface area contributed by atoms with E-state index in [-0.39, 0.29) is 0 Å². The number of hydrogen-bond acceptors (Lipinski definition) is 3. The molecule has 0 aromatic carbocycles. The molecule has 3 N–H and O–H groups in total. The normalized spacial score (nSPS) is 21.9. The van der Waals surface area contributed by atoms with Crippen molar-refractivity contribution in [1.29, 1.82) is 0 Å².